The predicted molar refractivity (Wildman–Crippen MR) is 144 cm³/mol. The van der Waals surface area contributed by atoms with Crippen molar-refractivity contribution in [1.82, 2.24) is 19.8 Å². The van der Waals surface area contributed by atoms with E-state index in [0.717, 1.165) is 28.1 Å². The fourth-order valence-corrected chi connectivity index (χ4v) is 4.84. The van der Waals surface area contributed by atoms with Gasteiger partial charge in [0.1, 0.15) is 11.7 Å². The Kier molecular flexibility index (Phi) is 8.37. The number of nitrogens with zero attached hydrogens (tertiary/aromatic N) is 3. The molecule has 1 aliphatic heterocycles. The molecule has 3 aromatic rings. The van der Waals surface area contributed by atoms with Crippen LogP contribution >= 0.6 is 11.6 Å². The number of halogens is 4. The number of amides is 2. The Morgan fingerprint density at radius 2 is 1.97 bits per heavy atom. The van der Waals surface area contributed by atoms with Crippen molar-refractivity contribution in [2.45, 2.75) is 64.4 Å². The summed E-state index contributed by atoms with van der Waals surface area (Å²) < 4.78 is 41.1. The molecule has 0 aliphatic carbocycles. The van der Waals surface area contributed by atoms with Crippen LogP contribution in [0.4, 0.5) is 18.0 Å². The van der Waals surface area contributed by atoms with Crippen LogP contribution in [0.3, 0.4) is 0 Å². The molecular weight excluding hydrogens is 531 g/mol. The third-order valence-corrected chi connectivity index (χ3v) is 7.05. The third-order valence-electron chi connectivity index (χ3n) is 6.81. The highest BCUT2D eigenvalue weighted by atomic mass is 35.5. The van der Waals surface area contributed by atoms with Crippen molar-refractivity contribution in [3.63, 3.8) is 0 Å². The van der Waals surface area contributed by atoms with E-state index in [-0.39, 0.29) is 12.4 Å². The van der Waals surface area contributed by atoms with Gasteiger partial charge in [-0.05, 0) is 43.9 Å². The number of alkyl halides is 3. The van der Waals surface area contributed by atoms with Gasteiger partial charge < -0.3 is 15.0 Å². The van der Waals surface area contributed by atoms with Crippen LogP contribution in [-0.4, -0.2) is 49.7 Å². The number of rotatable bonds is 7. The van der Waals surface area contributed by atoms with Crippen LogP contribution in [0.15, 0.2) is 48.5 Å². The fourth-order valence-electron chi connectivity index (χ4n) is 4.65. The number of hydrogen-bond acceptors (Lipinski definition) is 4. The summed E-state index contributed by atoms with van der Waals surface area (Å²) in [4.78, 5) is 18.7. The number of hydrogen-bond donors (Lipinski definition) is 3. The maximum atomic E-state index is 13.2. The van der Waals surface area contributed by atoms with Gasteiger partial charge in [-0.25, -0.2) is 9.78 Å². The molecule has 1 atom stereocenters. The number of aliphatic hydroxyl groups is 1. The summed E-state index contributed by atoms with van der Waals surface area (Å²) in [5, 5.41) is 22.4. The number of carbonyl (C=O) groups is 1. The van der Waals surface area contributed by atoms with Gasteiger partial charge in [0.05, 0.1) is 30.8 Å². The standard InChI is InChI=1S/C28H31ClF3N5O2/c1-3-18-7-9-19(10-8-18)24(33)36(14-13-28(30,31)32)26(38)34-16-22-23-11-12-27(2,39)17-37(23)25(35-22)20-5-4-6-21(29)15-20/h4-10,15,33,39H,3,11-14,16-17H2,1-2H3,(H,34,38). The van der Waals surface area contributed by atoms with Gasteiger partial charge in [-0.15, -0.1) is 0 Å². The molecule has 11 heteroatoms. The quantitative estimate of drug-likeness (QED) is 0.246. The maximum absolute atomic E-state index is 13.2. The molecule has 2 amide bonds. The molecule has 1 unspecified atom stereocenters. The van der Waals surface area contributed by atoms with Crippen LogP contribution in [0, 0.1) is 5.41 Å². The van der Waals surface area contributed by atoms with Crippen molar-refractivity contribution in [3.8, 4) is 11.4 Å². The van der Waals surface area contributed by atoms with Crippen LogP contribution in [0.1, 0.15) is 49.2 Å². The minimum atomic E-state index is -4.49. The van der Waals surface area contributed by atoms with Gasteiger partial charge in [0, 0.05) is 28.4 Å². The second-order valence-electron chi connectivity index (χ2n) is 10.00. The van der Waals surface area contributed by atoms with Crippen molar-refractivity contribution in [2.75, 3.05) is 6.54 Å². The van der Waals surface area contributed by atoms with Crippen LogP contribution in [0.2, 0.25) is 5.02 Å². The Morgan fingerprint density at radius 1 is 1.26 bits per heavy atom. The number of carbonyl (C=O) groups excluding carboxylic acids is 1. The van der Waals surface area contributed by atoms with E-state index in [2.05, 4.69) is 5.32 Å². The lowest BCUT2D eigenvalue weighted by atomic mass is 9.94. The molecular formula is C28H31ClF3N5O2. The van der Waals surface area contributed by atoms with E-state index in [4.69, 9.17) is 22.0 Å². The van der Waals surface area contributed by atoms with Gasteiger partial charge in [0.2, 0.25) is 0 Å². The number of urea groups is 1. The molecule has 7 nitrogen and oxygen atoms in total. The Bertz CT molecular complexity index is 1350. The fraction of sp³-hybridized carbons (Fsp3) is 0.393. The predicted octanol–water partition coefficient (Wildman–Crippen LogP) is 5.95. The lowest BCUT2D eigenvalue weighted by molar-refractivity contribution is -0.135. The van der Waals surface area contributed by atoms with Gasteiger partial charge in [0.25, 0.3) is 0 Å². The first kappa shape index (κ1) is 28.6. The molecule has 0 spiro atoms. The molecule has 4 rings (SSSR count). The van der Waals surface area contributed by atoms with Crippen molar-refractivity contribution in [2.24, 2.45) is 0 Å². The normalized spacial score (nSPS) is 17.0. The lowest BCUT2D eigenvalue weighted by Gasteiger charge is -2.31. The molecule has 0 radical (unpaired) electrons. The Balaban J connectivity index is 1.59. The molecule has 208 valence electrons. The van der Waals surface area contributed by atoms with E-state index in [0.29, 0.717) is 41.5 Å². The van der Waals surface area contributed by atoms with Crippen molar-refractivity contribution < 1.29 is 23.1 Å². The summed E-state index contributed by atoms with van der Waals surface area (Å²) >= 11 is 6.19. The molecule has 39 heavy (non-hydrogen) atoms. The highest BCUT2D eigenvalue weighted by molar-refractivity contribution is 6.30. The van der Waals surface area contributed by atoms with Crippen LogP contribution in [-0.2, 0) is 25.9 Å². The van der Waals surface area contributed by atoms with Gasteiger partial charge in [0.15, 0.2) is 0 Å². The zero-order valence-corrected chi connectivity index (χ0v) is 22.5. The summed E-state index contributed by atoms with van der Waals surface area (Å²) in [5.74, 6) is 0.261. The summed E-state index contributed by atoms with van der Waals surface area (Å²) in [6.45, 7) is 3.26. The number of imidazole rings is 1. The summed E-state index contributed by atoms with van der Waals surface area (Å²) in [5.41, 5.74) is 2.51. The summed E-state index contributed by atoms with van der Waals surface area (Å²) in [7, 11) is 0. The van der Waals surface area contributed by atoms with Crippen molar-refractivity contribution in [3.05, 3.63) is 76.1 Å². The van der Waals surface area contributed by atoms with E-state index >= 15 is 0 Å². The highest BCUT2D eigenvalue weighted by Gasteiger charge is 2.33. The first-order valence-electron chi connectivity index (χ1n) is 12.7. The molecule has 1 aliphatic rings. The largest absolute Gasteiger partial charge is 0.390 e. The van der Waals surface area contributed by atoms with E-state index in [9.17, 15) is 23.1 Å². The second-order valence-corrected chi connectivity index (χ2v) is 10.4. The molecule has 2 aromatic carbocycles. The molecule has 2 heterocycles. The van der Waals surface area contributed by atoms with Gasteiger partial charge in [-0.2, -0.15) is 13.2 Å². The molecule has 1 aromatic heterocycles. The second kappa shape index (κ2) is 11.4. The maximum Gasteiger partial charge on any atom is 0.390 e. The number of aromatic nitrogens is 2. The molecule has 0 saturated heterocycles. The number of benzene rings is 2. The van der Waals surface area contributed by atoms with Crippen LogP contribution < -0.4 is 5.32 Å². The average Bonchev–Trinajstić information content (AvgIpc) is 3.23. The Hall–Kier alpha value is -3.37. The van der Waals surface area contributed by atoms with Crippen molar-refractivity contribution >= 4 is 23.5 Å². The minimum Gasteiger partial charge on any atom is -0.388 e. The van der Waals surface area contributed by atoms with Crippen LogP contribution in [0.5, 0.6) is 0 Å². The Labute approximate surface area is 230 Å². The van der Waals surface area contributed by atoms with E-state index in [1.807, 2.05) is 17.6 Å². The first-order chi connectivity index (χ1) is 18.4. The van der Waals surface area contributed by atoms with Crippen molar-refractivity contribution in [1.29, 1.82) is 5.41 Å². The van der Waals surface area contributed by atoms with E-state index in [1.165, 1.54) is 0 Å². The molecule has 0 saturated carbocycles. The first-order valence-corrected chi connectivity index (χ1v) is 13.1. The van der Waals surface area contributed by atoms with Crippen LogP contribution in [0.25, 0.3) is 11.4 Å². The summed E-state index contributed by atoms with van der Waals surface area (Å²) in [6.07, 6.45) is -3.97. The highest BCUT2D eigenvalue weighted by Crippen LogP contribution is 2.32. The molecule has 0 fully saturated rings. The van der Waals surface area contributed by atoms with Gasteiger partial charge >= 0.3 is 12.2 Å². The van der Waals surface area contributed by atoms with E-state index in [1.54, 1.807) is 49.4 Å². The van der Waals surface area contributed by atoms with Gasteiger partial charge in [-0.1, -0.05) is 54.9 Å². The Morgan fingerprint density at radius 3 is 2.62 bits per heavy atom. The number of fused-ring (bicyclic) bond motifs is 1. The summed E-state index contributed by atoms with van der Waals surface area (Å²) in [6, 6.07) is 13.1. The topological polar surface area (TPSA) is 94.2 Å². The molecule has 3 N–H and O–H groups in total. The monoisotopic (exact) mass is 561 g/mol. The average molecular weight is 562 g/mol. The zero-order chi connectivity index (χ0) is 28.4. The smallest absolute Gasteiger partial charge is 0.388 e. The number of aryl methyl sites for hydroxylation is 1. The van der Waals surface area contributed by atoms with Gasteiger partial charge in [-0.3, -0.25) is 10.3 Å². The third kappa shape index (κ3) is 6.99. The zero-order valence-electron chi connectivity index (χ0n) is 21.8. The number of nitrogens with one attached hydrogen (secondary N) is 2. The lowest BCUT2D eigenvalue weighted by Crippen LogP contribution is -2.45. The minimum absolute atomic E-state index is 0.0541. The number of amidine groups is 1. The SMILES string of the molecule is CCc1ccc(C(=N)N(CCC(F)(F)F)C(=O)NCc2nc(-c3cccc(Cl)c3)n3c2CCC(C)(O)C3)cc1. The molecule has 0 bridgehead atoms. The van der Waals surface area contributed by atoms with E-state index < -0.39 is 30.8 Å².